The van der Waals surface area contributed by atoms with Crippen molar-refractivity contribution in [3.63, 3.8) is 0 Å². The molecule has 1 saturated heterocycles. The van der Waals surface area contributed by atoms with Gasteiger partial charge in [0.05, 0.1) is 19.1 Å². The lowest BCUT2D eigenvalue weighted by Crippen LogP contribution is -2.42. The van der Waals surface area contributed by atoms with E-state index in [0.29, 0.717) is 19.7 Å². The molecule has 7 heteroatoms. The Bertz CT molecular complexity index is 1130. The molecule has 1 atom stereocenters. The highest BCUT2D eigenvalue weighted by Crippen LogP contribution is 2.38. The van der Waals surface area contributed by atoms with Crippen molar-refractivity contribution in [2.75, 3.05) is 26.8 Å². The number of methoxy groups -OCH3 is 1. The Morgan fingerprint density at radius 2 is 1.68 bits per heavy atom. The maximum atomic E-state index is 13.9. The predicted molar refractivity (Wildman–Crippen MR) is 130 cm³/mol. The average molecular weight is 461 g/mol. The Hall–Kier alpha value is -3.19. The number of hydrogen-bond donors (Lipinski definition) is 0. The average Bonchev–Trinajstić information content (AvgIpc) is 3.67. The van der Waals surface area contributed by atoms with Crippen LogP contribution in [0.5, 0.6) is 0 Å². The van der Waals surface area contributed by atoms with Crippen LogP contribution in [-0.2, 0) is 16.1 Å². The molecule has 0 N–H and O–H groups in total. The number of carbonyl (C=O) groups is 1. The number of ether oxygens (including phenoxy) is 1. The van der Waals surface area contributed by atoms with Crippen LogP contribution in [0.3, 0.4) is 0 Å². The molecule has 2 fully saturated rings. The summed E-state index contributed by atoms with van der Waals surface area (Å²) in [5.41, 5.74) is 1.95. The van der Waals surface area contributed by atoms with E-state index in [0.717, 1.165) is 49.2 Å². The van der Waals surface area contributed by atoms with Crippen LogP contribution in [0.15, 0.2) is 65.5 Å². The minimum Gasteiger partial charge on any atom is -0.383 e. The molecule has 0 bridgehead atoms. The molecule has 2 aromatic carbocycles. The fourth-order valence-electron chi connectivity index (χ4n) is 5.05. The van der Waals surface area contributed by atoms with Crippen LogP contribution in [0.25, 0.3) is 0 Å². The monoisotopic (exact) mass is 460 g/mol. The van der Waals surface area contributed by atoms with Gasteiger partial charge in [-0.05, 0) is 36.8 Å². The van der Waals surface area contributed by atoms with Crippen LogP contribution in [0.1, 0.15) is 60.5 Å². The van der Waals surface area contributed by atoms with Gasteiger partial charge >= 0.3 is 5.69 Å². The van der Waals surface area contributed by atoms with E-state index in [9.17, 15) is 9.59 Å². The Morgan fingerprint density at radius 3 is 2.26 bits per heavy atom. The van der Waals surface area contributed by atoms with Crippen molar-refractivity contribution in [2.24, 2.45) is 0 Å². The summed E-state index contributed by atoms with van der Waals surface area (Å²) in [7, 11) is 1.63. The number of benzene rings is 2. The molecule has 7 nitrogen and oxygen atoms in total. The second kappa shape index (κ2) is 9.97. The zero-order valence-corrected chi connectivity index (χ0v) is 19.7. The molecule has 1 aliphatic heterocycles. The molecule has 1 saturated carbocycles. The zero-order valence-electron chi connectivity index (χ0n) is 19.7. The molecule has 2 aliphatic rings. The van der Waals surface area contributed by atoms with E-state index in [1.807, 2.05) is 70.1 Å². The number of aromatic nitrogens is 3. The quantitative estimate of drug-likeness (QED) is 0.515. The standard InChI is InChI=1S/C27H32N4O3/c1-34-18-17-30-27(33)31(23-14-15-23)25(28-30)22-13-8-16-29(19-22)26(32)24(20-9-4-2-5-10-20)21-11-6-3-7-12-21/h2-7,9-12,22-24H,8,13-19H2,1H3. The number of likely N-dealkylation sites (tertiary alicyclic amines) is 1. The van der Waals surface area contributed by atoms with Crippen LogP contribution in [0, 0.1) is 0 Å². The van der Waals surface area contributed by atoms with Crippen LogP contribution in [-0.4, -0.2) is 52.0 Å². The molecular weight excluding hydrogens is 428 g/mol. The van der Waals surface area contributed by atoms with Gasteiger partial charge in [-0.1, -0.05) is 60.7 Å². The Labute approximate surface area is 200 Å². The van der Waals surface area contributed by atoms with Crippen LogP contribution in [0.4, 0.5) is 0 Å². The number of nitrogens with zero attached hydrogens (tertiary/aromatic N) is 4. The van der Waals surface area contributed by atoms with Gasteiger partial charge in [0.15, 0.2) is 0 Å². The number of rotatable bonds is 8. The maximum Gasteiger partial charge on any atom is 0.346 e. The molecular formula is C27H32N4O3. The topological polar surface area (TPSA) is 69.4 Å². The second-order valence-electron chi connectivity index (χ2n) is 9.34. The van der Waals surface area contributed by atoms with Gasteiger partial charge in [0.2, 0.25) is 5.91 Å². The molecule has 0 radical (unpaired) electrons. The Balaban J connectivity index is 1.43. The summed E-state index contributed by atoms with van der Waals surface area (Å²) in [6.45, 7) is 2.21. The van der Waals surface area contributed by atoms with Gasteiger partial charge < -0.3 is 9.64 Å². The van der Waals surface area contributed by atoms with Gasteiger partial charge in [0.25, 0.3) is 0 Å². The predicted octanol–water partition coefficient (Wildman–Crippen LogP) is 3.56. The summed E-state index contributed by atoms with van der Waals surface area (Å²) in [4.78, 5) is 29.0. The van der Waals surface area contributed by atoms with Gasteiger partial charge in [0, 0.05) is 32.2 Å². The lowest BCUT2D eigenvalue weighted by molar-refractivity contribution is -0.133. The van der Waals surface area contributed by atoms with Crippen molar-refractivity contribution in [1.82, 2.24) is 19.2 Å². The van der Waals surface area contributed by atoms with Crippen LogP contribution < -0.4 is 5.69 Å². The summed E-state index contributed by atoms with van der Waals surface area (Å²) in [6.07, 6.45) is 3.86. The number of amides is 1. The third-order valence-corrected chi connectivity index (χ3v) is 6.93. The van der Waals surface area contributed by atoms with Gasteiger partial charge in [-0.3, -0.25) is 9.36 Å². The van der Waals surface area contributed by atoms with Gasteiger partial charge in [-0.25, -0.2) is 9.48 Å². The van der Waals surface area contributed by atoms with E-state index >= 15 is 0 Å². The molecule has 34 heavy (non-hydrogen) atoms. The fraction of sp³-hybridized carbons (Fsp3) is 0.444. The van der Waals surface area contributed by atoms with Crippen molar-refractivity contribution >= 4 is 5.91 Å². The summed E-state index contributed by atoms with van der Waals surface area (Å²) in [5.74, 6) is 0.659. The molecule has 1 aromatic heterocycles. The largest absolute Gasteiger partial charge is 0.383 e. The van der Waals surface area contributed by atoms with Crippen LogP contribution >= 0.6 is 0 Å². The summed E-state index contributed by atoms with van der Waals surface area (Å²) in [6, 6.07) is 20.2. The smallest absolute Gasteiger partial charge is 0.346 e. The summed E-state index contributed by atoms with van der Waals surface area (Å²) >= 11 is 0. The second-order valence-corrected chi connectivity index (χ2v) is 9.34. The molecule has 5 rings (SSSR count). The van der Waals surface area contributed by atoms with Crippen molar-refractivity contribution in [3.8, 4) is 0 Å². The number of carbonyl (C=O) groups excluding carboxylic acids is 1. The molecule has 1 unspecified atom stereocenters. The molecule has 3 aromatic rings. The summed E-state index contributed by atoms with van der Waals surface area (Å²) in [5, 5.41) is 4.74. The van der Waals surface area contributed by atoms with E-state index in [1.165, 1.54) is 4.68 Å². The minimum absolute atomic E-state index is 0.0514. The van der Waals surface area contributed by atoms with Crippen LogP contribution in [0.2, 0.25) is 0 Å². The minimum atomic E-state index is -0.342. The van der Waals surface area contributed by atoms with Gasteiger partial charge in [-0.2, -0.15) is 5.10 Å². The molecule has 178 valence electrons. The first-order chi connectivity index (χ1) is 16.7. The molecule has 1 aliphatic carbocycles. The van der Waals surface area contributed by atoms with E-state index in [2.05, 4.69) is 0 Å². The fourth-order valence-corrected chi connectivity index (χ4v) is 5.05. The number of hydrogen-bond acceptors (Lipinski definition) is 4. The van der Waals surface area contributed by atoms with E-state index in [1.54, 1.807) is 7.11 Å². The molecule has 2 heterocycles. The van der Waals surface area contributed by atoms with Crippen molar-refractivity contribution in [2.45, 2.75) is 50.1 Å². The van der Waals surface area contributed by atoms with E-state index in [-0.39, 0.29) is 29.5 Å². The molecule has 1 amide bonds. The normalized spacial score (nSPS) is 18.4. The first-order valence-electron chi connectivity index (χ1n) is 12.2. The van der Waals surface area contributed by atoms with Gasteiger partial charge in [-0.15, -0.1) is 0 Å². The van der Waals surface area contributed by atoms with E-state index < -0.39 is 0 Å². The SMILES string of the molecule is COCCn1nc(C2CCCN(C(=O)C(c3ccccc3)c3ccccc3)C2)n(C2CC2)c1=O. The third kappa shape index (κ3) is 4.57. The van der Waals surface area contributed by atoms with Gasteiger partial charge in [0.1, 0.15) is 5.82 Å². The lowest BCUT2D eigenvalue weighted by Gasteiger charge is -2.35. The maximum absolute atomic E-state index is 13.9. The van der Waals surface area contributed by atoms with E-state index in [4.69, 9.17) is 9.84 Å². The Morgan fingerprint density at radius 1 is 1.03 bits per heavy atom. The third-order valence-electron chi connectivity index (χ3n) is 6.93. The highest BCUT2D eigenvalue weighted by molar-refractivity contribution is 5.87. The number of piperidine rings is 1. The highest BCUT2D eigenvalue weighted by Gasteiger charge is 2.36. The lowest BCUT2D eigenvalue weighted by atomic mass is 9.88. The van der Waals surface area contributed by atoms with Crippen molar-refractivity contribution in [1.29, 1.82) is 0 Å². The Kier molecular flexibility index (Phi) is 6.63. The first kappa shape index (κ1) is 22.6. The molecule has 0 spiro atoms. The van der Waals surface area contributed by atoms with Crippen molar-refractivity contribution in [3.05, 3.63) is 88.1 Å². The zero-order chi connectivity index (χ0) is 23.5. The van der Waals surface area contributed by atoms with Crippen molar-refractivity contribution < 1.29 is 9.53 Å². The summed E-state index contributed by atoms with van der Waals surface area (Å²) < 4.78 is 8.59. The highest BCUT2D eigenvalue weighted by atomic mass is 16.5. The first-order valence-corrected chi connectivity index (χ1v) is 12.2.